The Balaban J connectivity index is 2.13. The smallest absolute Gasteiger partial charge is 0.222 e. The summed E-state index contributed by atoms with van der Waals surface area (Å²) < 4.78 is 0. The molecule has 0 aliphatic carbocycles. The minimum Gasteiger partial charge on any atom is -0.393 e. The van der Waals surface area contributed by atoms with E-state index in [0.717, 1.165) is 19.4 Å². The number of rotatable bonds is 5. The summed E-state index contributed by atoms with van der Waals surface area (Å²) in [6.45, 7) is 2.59. The molecule has 1 rings (SSSR count). The lowest BCUT2D eigenvalue weighted by Crippen LogP contribution is -2.08. The largest absolute Gasteiger partial charge is 0.393 e. The molecule has 0 bridgehead atoms. The van der Waals surface area contributed by atoms with Crippen LogP contribution in [-0.2, 0) is 0 Å². The molecule has 1 heterocycles. The van der Waals surface area contributed by atoms with E-state index in [0.29, 0.717) is 5.95 Å². The SMILES string of the molecule is CC(O)CCCNc1ncccn1. The van der Waals surface area contributed by atoms with Crippen LogP contribution in [0.4, 0.5) is 5.95 Å². The maximum Gasteiger partial charge on any atom is 0.222 e. The topological polar surface area (TPSA) is 58.0 Å². The molecule has 0 saturated heterocycles. The zero-order valence-electron chi connectivity index (χ0n) is 7.77. The zero-order valence-corrected chi connectivity index (χ0v) is 7.77. The minimum absolute atomic E-state index is 0.224. The van der Waals surface area contributed by atoms with Crippen LogP contribution in [0.3, 0.4) is 0 Å². The van der Waals surface area contributed by atoms with Crippen LogP contribution in [0.15, 0.2) is 18.5 Å². The van der Waals surface area contributed by atoms with E-state index in [2.05, 4.69) is 15.3 Å². The molecule has 0 radical (unpaired) electrons. The van der Waals surface area contributed by atoms with Gasteiger partial charge in [0.05, 0.1) is 6.10 Å². The van der Waals surface area contributed by atoms with E-state index in [1.807, 2.05) is 0 Å². The average molecular weight is 181 g/mol. The van der Waals surface area contributed by atoms with Gasteiger partial charge < -0.3 is 10.4 Å². The van der Waals surface area contributed by atoms with E-state index in [4.69, 9.17) is 5.11 Å². The summed E-state index contributed by atoms with van der Waals surface area (Å²) in [4.78, 5) is 8.02. The first-order valence-corrected chi connectivity index (χ1v) is 4.48. The van der Waals surface area contributed by atoms with Gasteiger partial charge in [0.15, 0.2) is 0 Å². The van der Waals surface area contributed by atoms with E-state index >= 15 is 0 Å². The van der Waals surface area contributed by atoms with E-state index in [1.54, 1.807) is 25.4 Å². The monoisotopic (exact) mass is 181 g/mol. The number of anilines is 1. The third kappa shape index (κ3) is 4.42. The average Bonchev–Trinajstić information content (AvgIpc) is 2.14. The van der Waals surface area contributed by atoms with Gasteiger partial charge in [-0.15, -0.1) is 0 Å². The molecule has 2 N–H and O–H groups in total. The van der Waals surface area contributed by atoms with Crippen LogP contribution < -0.4 is 5.32 Å². The molecule has 0 fully saturated rings. The summed E-state index contributed by atoms with van der Waals surface area (Å²) in [6, 6.07) is 1.78. The molecule has 1 unspecified atom stereocenters. The van der Waals surface area contributed by atoms with Gasteiger partial charge in [0, 0.05) is 18.9 Å². The fourth-order valence-corrected chi connectivity index (χ4v) is 0.988. The van der Waals surface area contributed by atoms with Crippen molar-refractivity contribution in [2.24, 2.45) is 0 Å². The Hall–Kier alpha value is -1.16. The Morgan fingerprint density at radius 3 is 2.77 bits per heavy atom. The fourth-order valence-electron chi connectivity index (χ4n) is 0.988. The molecule has 1 atom stereocenters. The summed E-state index contributed by atoms with van der Waals surface area (Å²) in [5, 5.41) is 12.1. The number of hydrogen-bond donors (Lipinski definition) is 2. The van der Waals surface area contributed by atoms with Crippen molar-refractivity contribution in [3.8, 4) is 0 Å². The van der Waals surface area contributed by atoms with Gasteiger partial charge in [-0.25, -0.2) is 9.97 Å². The first-order chi connectivity index (χ1) is 6.29. The molecule has 0 aromatic carbocycles. The van der Waals surface area contributed by atoms with Gasteiger partial charge in [0.25, 0.3) is 0 Å². The lowest BCUT2D eigenvalue weighted by atomic mass is 10.2. The molecule has 4 heteroatoms. The van der Waals surface area contributed by atoms with Gasteiger partial charge in [-0.3, -0.25) is 0 Å². The summed E-state index contributed by atoms with van der Waals surface area (Å²) in [6.07, 6.45) is 4.91. The lowest BCUT2D eigenvalue weighted by molar-refractivity contribution is 0.183. The Labute approximate surface area is 78.0 Å². The second-order valence-corrected chi connectivity index (χ2v) is 2.99. The van der Waals surface area contributed by atoms with Gasteiger partial charge in [-0.1, -0.05) is 0 Å². The molecule has 13 heavy (non-hydrogen) atoms. The highest BCUT2D eigenvalue weighted by molar-refractivity contribution is 5.21. The van der Waals surface area contributed by atoms with Gasteiger partial charge in [0.1, 0.15) is 0 Å². The maximum absolute atomic E-state index is 8.99. The zero-order chi connectivity index (χ0) is 9.52. The van der Waals surface area contributed by atoms with Crippen LogP contribution in [-0.4, -0.2) is 27.7 Å². The summed E-state index contributed by atoms with van der Waals surface area (Å²) in [5.74, 6) is 0.646. The predicted octanol–water partition coefficient (Wildman–Crippen LogP) is 1.05. The Morgan fingerprint density at radius 1 is 1.46 bits per heavy atom. The van der Waals surface area contributed by atoms with Crippen molar-refractivity contribution in [1.82, 2.24) is 9.97 Å². The molecular weight excluding hydrogens is 166 g/mol. The van der Waals surface area contributed by atoms with E-state index in [1.165, 1.54) is 0 Å². The normalized spacial score (nSPS) is 12.5. The third-order valence-electron chi connectivity index (χ3n) is 1.65. The lowest BCUT2D eigenvalue weighted by Gasteiger charge is -2.05. The van der Waals surface area contributed by atoms with Crippen LogP contribution in [0, 0.1) is 0 Å². The second kappa shape index (κ2) is 5.48. The number of aliphatic hydroxyl groups is 1. The summed E-state index contributed by atoms with van der Waals surface area (Å²) in [7, 11) is 0. The van der Waals surface area contributed by atoms with E-state index in [-0.39, 0.29) is 6.10 Å². The number of aromatic nitrogens is 2. The number of nitrogens with one attached hydrogen (secondary N) is 1. The molecule has 0 amide bonds. The summed E-state index contributed by atoms with van der Waals surface area (Å²) in [5.41, 5.74) is 0. The minimum atomic E-state index is -0.224. The van der Waals surface area contributed by atoms with Crippen LogP contribution >= 0.6 is 0 Å². The van der Waals surface area contributed by atoms with Gasteiger partial charge >= 0.3 is 0 Å². The molecule has 1 aromatic heterocycles. The summed E-state index contributed by atoms with van der Waals surface area (Å²) >= 11 is 0. The van der Waals surface area contributed by atoms with Crippen LogP contribution in [0.2, 0.25) is 0 Å². The number of hydrogen-bond acceptors (Lipinski definition) is 4. The molecular formula is C9H15N3O. The van der Waals surface area contributed by atoms with Crippen molar-refractivity contribution in [1.29, 1.82) is 0 Å². The van der Waals surface area contributed by atoms with Crippen molar-refractivity contribution < 1.29 is 5.11 Å². The van der Waals surface area contributed by atoms with Crippen LogP contribution in [0.1, 0.15) is 19.8 Å². The Morgan fingerprint density at radius 2 is 2.15 bits per heavy atom. The maximum atomic E-state index is 8.99. The molecule has 0 aliphatic heterocycles. The van der Waals surface area contributed by atoms with Crippen LogP contribution in [0.5, 0.6) is 0 Å². The van der Waals surface area contributed by atoms with Crippen LogP contribution in [0.25, 0.3) is 0 Å². The van der Waals surface area contributed by atoms with E-state index in [9.17, 15) is 0 Å². The van der Waals surface area contributed by atoms with E-state index < -0.39 is 0 Å². The van der Waals surface area contributed by atoms with Gasteiger partial charge in [-0.2, -0.15) is 0 Å². The Bertz CT molecular complexity index is 226. The van der Waals surface area contributed by atoms with Crippen molar-refractivity contribution in [2.45, 2.75) is 25.9 Å². The standard InChI is InChI=1S/C9H15N3O/c1-8(13)4-2-5-10-9-11-6-3-7-12-9/h3,6-8,13H,2,4-5H2,1H3,(H,10,11,12). The molecule has 0 saturated carbocycles. The number of aliphatic hydroxyl groups excluding tert-OH is 1. The van der Waals surface area contributed by atoms with Crippen molar-refractivity contribution in [2.75, 3.05) is 11.9 Å². The quantitative estimate of drug-likeness (QED) is 0.667. The predicted molar refractivity (Wildman–Crippen MR) is 51.4 cm³/mol. The highest BCUT2D eigenvalue weighted by Gasteiger charge is 1.95. The van der Waals surface area contributed by atoms with Crippen molar-refractivity contribution >= 4 is 5.95 Å². The highest BCUT2D eigenvalue weighted by atomic mass is 16.3. The highest BCUT2D eigenvalue weighted by Crippen LogP contribution is 1.98. The molecule has 0 aliphatic rings. The van der Waals surface area contributed by atoms with Crippen molar-refractivity contribution in [3.05, 3.63) is 18.5 Å². The number of nitrogens with zero attached hydrogens (tertiary/aromatic N) is 2. The molecule has 72 valence electrons. The molecule has 4 nitrogen and oxygen atoms in total. The third-order valence-corrected chi connectivity index (χ3v) is 1.65. The molecule has 0 spiro atoms. The van der Waals surface area contributed by atoms with Gasteiger partial charge in [-0.05, 0) is 25.8 Å². The van der Waals surface area contributed by atoms with Crippen molar-refractivity contribution in [3.63, 3.8) is 0 Å². The first-order valence-electron chi connectivity index (χ1n) is 4.48. The fraction of sp³-hybridized carbons (Fsp3) is 0.556. The second-order valence-electron chi connectivity index (χ2n) is 2.99. The first kappa shape index (κ1) is 9.92. The van der Waals surface area contributed by atoms with Gasteiger partial charge in [0.2, 0.25) is 5.95 Å². The Kier molecular flexibility index (Phi) is 4.18. The molecule has 1 aromatic rings.